The van der Waals surface area contributed by atoms with Crippen molar-refractivity contribution in [1.82, 2.24) is 10.2 Å². The Bertz CT molecular complexity index is 373. The fourth-order valence-corrected chi connectivity index (χ4v) is 3.05. The van der Waals surface area contributed by atoms with Crippen molar-refractivity contribution in [2.45, 2.75) is 31.7 Å². The van der Waals surface area contributed by atoms with E-state index in [4.69, 9.17) is 5.11 Å². The highest BCUT2D eigenvalue weighted by Gasteiger charge is 2.20. The minimum Gasteiger partial charge on any atom is -0.396 e. The summed E-state index contributed by atoms with van der Waals surface area (Å²) >= 11 is 1.55. The van der Waals surface area contributed by atoms with Crippen molar-refractivity contribution in [3.8, 4) is 0 Å². The van der Waals surface area contributed by atoms with Crippen molar-refractivity contribution in [2.24, 2.45) is 0 Å². The Balaban J connectivity index is 1.67. The van der Waals surface area contributed by atoms with Crippen molar-refractivity contribution in [1.29, 1.82) is 0 Å². The lowest BCUT2D eigenvalue weighted by Gasteiger charge is -2.32. The van der Waals surface area contributed by atoms with Crippen LogP contribution in [0.25, 0.3) is 0 Å². The van der Waals surface area contributed by atoms with E-state index in [-0.39, 0.29) is 12.5 Å². The fraction of sp³-hybridized carbons (Fsp3) is 0.643. The number of hydrogen-bond donors (Lipinski definition) is 2. The molecule has 0 aliphatic carbocycles. The van der Waals surface area contributed by atoms with Gasteiger partial charge in [0.2, 0.25) is 0 Å². The summed E-state index contributed by atoms with van der Waals surface area (Å²) in [6.45, 7) is 3.43. The van der Waals surface area contributed by atoms with Crippen LogP contribution in [-0.4, -0.2) is 48.2 Å². The van der Waals surface area contributed by atoms with Gasteiger partial charge in [-0.05, 0) is 43.7 Å². The zero-order valence-corrected chi connectivity index (χ0v) is 12.0. The summed E-state index contributed by atoms with van der Waals surface area (Å²) in [5.74, 6) is 0.0555. The molecule has 1 aromatic heterocycles. The Labute approximate surface area is 118 Å². The zero-order valence-electron chi connectivity index (χ0n) is 11.2. The van der Waals surface area contributed by atoms with Gasteiger partial charge in [0.15, 0.2) is 0 Å². The standard InChI is InChI=1S/C14H22N2O2S/c17-9-2-1-6-16-7-3-13(4-8-16)15-14(18)12-5-10-19-11-12/h5,10-11,13,17H,1-4,6-9H2,(H,15,18). The Morgan fingerprint density at radius 3 is 2.84 bits per heavy atom. The zero-order chi connectivity index (χ0) is 13.5. The first-order chi connectivity index (χ1) is 9.29. The monoisotopic (exact) mass is 282 g/mol. The van der Waals surface area contributed by atoms with Crippen molar-refractivity contribution < 1.29 is 9.90 Å². The van der Waals surface area contributed by atoms with Gasteiger partial charge in [-0.1, -0.05) is 0 Å². The summed E-state index contributed by atoms with van der Waals surface area (Å²) in [7, 11) is 0. The van der Waals surface area contributed by atoms with E-state index in [1.54, 1.807) is 11.3 Å². The number of aliphatic hydroxyl groups excluding tert-OH is 1. The predicted octanol–water partition coefficient (Wildman–Crippen LogP) is 1.71. The van der Waals surface area contributed by atoms with E-state index in [0.717, 1.165) is 50.9 Å². The minimum absolute atomic E-state index is 0.0555. The van der Waals surface area contributed by atoms with Crippen LogP contribution >= 0.6 is 11.3 Å². The lowest BCUT2D eigenvalue weighted by molar-refractivity contribution is 0.0910. The Kier molecular flexibility index (Phi) is 5.82. The van der Waals surface area contributed by atoms with Gasteiger partial charge in [-0.25, -0.2) is 0 Å². The van der Waals surface area contributed by atoms with Gasteiger partial charge in [0.1, 0.15) is 0 Å². The molecule has 0 atom stereocenters. The molecule has 1 aliphatic heterocycles. The predicted molar refractivity (Wildman–Crippen MR) is 77.6 cm³/mol. The largest absolute Gasteiger partial charge is 0.396 e. The van der Waals surface area contributed by atoms with Crippen LogP contribution in [0.1, 0.15) is 36.0 Å². The second-order valence-electron chi connectivity index (χ2n) is 5.03. The molecule has 1 amide bonds. The van der Waals surface area contributed by atoms with E-state index < -0.39 is 0 Å². The lowest BCUT2D eigenvalue weighted by Crippen LogP contribution is -2.44. The van der Waals surface area contributed by atoms with Gasteiger partial charge in [0.05, 0.1) is 0 Å². The minimum atomic E-state index is 0.0555. The highest BCUT2D eigenvalue weighted by Crippen LogP contribution is 2.13. The number of rotatable bonds is 6. The van der Waals surface area contributed by atoms with E-state index >= 15 is 0 Å². The van der Waals surface area contributed by atoms with Crippen LogP contribution in [0.2, 0.25) is 0 Å². The molecule has 0 aromatic carbocycles. The van der Waals surface area contributed by atoms with Gasteiger partial charge >= 0.3 is 0 Å². The molecule has 5 heteroatoms. The topological polar surface area (TPSA) is 52.6 Å². The Morgan fingerprint density at radius 2 is 2.21 bits per heavy atom. The van der Waals surface area contributed by atoms with Crippen LogP contribution in [0.4, 0.5) is 0 Å². The van der Waals surface area contributed by atoms with Crippen molar-refractivity contribution >= 4 is 17.2 Å². The molecule has 0 radical (unpaired) electrons. The normalized spacial score (nSPS) is 17.5. The maximum atomic E-state index is 11.9. The molecule has 0 unspecified atom stereocenters. The summed E-state index contributed by atoms with van der Waals surface area (Å²) in [5, 5.41) is 15.7. The van der Waals surface area contributed by atoms with Crippen molar-refractivity contribution in [3.63, 3.8) is 0 Å². The number of carbonyl (C=O) groups is 1. The fourth-order valence-electron chi connectivity index (χ4n) is 2.41. The number of thiophene rings is 1. The summed E-state index contributed by atoms with van der Waals surface area (Å²) in [6, 6.07) is 2.17. The van der Waals surface area contributed by atoms with Crippen LogP contribution in [-0.2, 0) is 0 Å². The number of likely N-dealkylation sites (tertiary alicyclic amines) is 1. The first-order valence-corrected chi connectivity index (χ1v) is 7.90. The van der Waals surface area contributed by atoms with Gasteiger partial charge in [-0.2, -0.15) is 11.3 Å². The molecular formula is C14H22N2O2S. The number of nitrogens with zero attached hydrogens (tertiary/aromatic N) is 1. The molecule has 2 rings (SSSR count). The van der Waals surface area contributed by atoms with E-state index in [0.29, 0.717) is 6.04 Å². The van der Waals surface area contributed by atoms with Gasteiger partial charge in [0, 0.05) is 36.7 Å². The first-order valence-electron chi connectivity index (χ1n) is 6.96. The van der Waals surface area contributed by atoms with Crippen LogP contribution < -0.4 is 5.32 Å². The molecule has 2 heterocycles. The first kappa shape index (κ1) is 14.5. The number of hydrogen-bond acceptors (Lipinski definition) is 4. The average Bonchev–Trinajstić information content (AvgIpc) is 2.95. The van der Waals surface area contributed by atoms with Crippen LogP contribution in [0.15, 0.2) is 16.8 Å². The van der Waals surface area contributed by atoms with E-state index in [1.165, 1.54) is 0 Å². The number of amides is 1. The summed E-state index contributed by atoms with van der Waals surface area (Å²) in [6.07, 6.45) is 3.99. The molecule has 0 saturated carbocycles. The summed E-state index contributed by atoms with van der Waals surface area (Å²) in [4.78, 5) is 14.3. The summed E-state index contributed by atoms with van der Waals surface area (Å²) in [5.41, 5.74) is 0.773. The second kappa shape index (κ2) is 7.62. The highest BCUT2D eigenvalue weighted by molar-refractivity contribution is 7.08. The van der Waals surface area contributed by atoms with Crippen LogP contribution in [0.3, 0.4) is 0 Å². The number of aliphatic hydroxyl groups is 1. The molecule has 0 spiro atoms. The molecule has 1 aliphatic rings. The molecule has 1 fully saturated rings. The van der Waals surface area contributed by atoms with Gasteiger partial charge < -0.3 is 15.3 Å². The summed E-state index contributed by atoms with van der Waals surface area (Å²) < 4.78 is 0. The molecule has 106 valence electrons. The van der Waals surface area contributed by atoms with E-state index in [9.17, 15) is 4.79 Å². The van der Waals surface area contributed by atoms with E-state index in [1.807, 2.05) is 16.8 Å². The van der Waals surface area contributed by atoms with Crippen molar-refractivity contribution in [2.75, 3.05) is 26.2 Å². The maximum Gasteiger partial charge on any atom is 0.252 e. The number of carbonyl (C=O) groups excluding carboxylic acids is 1. The van der Waals surface area contributed by atoms with Crippen molar-refractivity contribution in [3.05, 3.63) is 22.4 Å². The van der Waals surface area contributed by atoms with E-state index in [2.05, 4.69) is 10.2 Å². The lowest BCUT2D eigenvalue weighted by atomic mass is 10.0. The third-order valence-electron chi connectivity index (χ3n) is 3.59. The van der Waals surface area contributed by atoms with Crippen LogP contribution in [0, 0.1) is 0 Å². The average molecular weight is 282 g/mol. The number of piperidine rings is 1. The maximum absolute atomic E-state index is 11.9. The molecule has 19 heavy (non-hydrogen) atoms. The molecule has 2 N–H and O–H groups in total. The van der Waals surface area contributed by atoms with Gasteiger partial charge in [0.25, 0.3) is 5.91 Å². The molecule has 1 saturated heterocycles. The smallest absolute Gasteiger partial charge is 0.252 e. The van der Waals surface area contributed by atoms with Crippen LogP contribution in [0.5, 0.6) is 0 Å². The molecule has 0 bridgehead atoms. The van der Waals surface area contributed by atoms with Gasteiger partial charge in [-0.15, -0.1) is 0 Å². The number of nitrogens with one attached hydrogen (secondary N) is 1. The molecule has 4 nitrogen and oxygen atoms in total. The SMILES string of the molecule is O=C(NC1CCN(CCCCO)CC1)c1ccsc1. The Morgan fingerprint density at radius 1 is 1.42 bits per heavy atom. The quantitative estimate of drug-likeness (QED) is 0.781. The molecular weight excluding hydrogens is 260 g/mol. The second-order valence-corrected chi connectivity index (χ2v) is 5.81. The third kappa shape index (κ3) is 4.60. The highest BCUT2D eigenvalue weighted by atomic mass is 32.1. The third-order valence-corrected chi connectivity index (χ3v) is 4.27. The number of unbranched alkanes of at least 4 members (excludes halogenated alkanes) is 1. The van der Waals surface area contributed by atoms with Gasteiger partial charge in [-0.3, -0.25) is 4.79 Å². The molecule has 1 aromatic rings. The Hall–Kier alpha value is -0.910.